The van der Waals surface area contributed by atoms with Crippen LogP contribution in [0.4, 0.5) is 0 Å². The first-order valence-electron chi connectivity index (χ1n) is 9.19. The van der Waals surface area contributed by atoms with Crippen LogP contribution in [0, 0.1) is 0 Å². The summed E-state index contributed by atoms with van der Waals surface area (Å²) in [5.74, 6) is 0.831. The summed E-state index contributed by atoms with van der Waals surface area (Å²) in [5, 5.41) is 6.06. The Labute approximate surface area is 163 Å². The Hall–Kier alpha value is -2.66. The van der Waals surface area contributed by atoms with Crippen molar-refractivity contribution in [2.24, 2.45) is 0 Å². The average molecular weight is 378 g/mol. The number of carbonyl (C=O) groups excluding carboxylic acids is 1. The minimum Gasteiger partial charge on any atom is -0.497 e. The molecule has 27 heavy (non-hydrogen) atoms. The van der Waals surface area contributed by atoms with Crippen LogP contribution in [0.1, 0.15) is 35.7 Å². The van der Waals surface area contributed by atoms with E-state index in [0.29, 0.717) is 6.42 Å². The molecule has 2 aromatic carbocycles. The van der Waals surface area contributed by atoms with E-state index in [1.807, 2.05) is 35.7 Å². The van der Waals surface area contributed by atoms with Crippen molar-refractivity contribution >= 4 is 17.2 Å². The van der Waals surface area contributed by atoms with Crippen molar-refractivity contribution in [3.8, 4) is 16.3 Å². The molecule has 0 saturated heterocycles. The highest BCUT2D eigenvalue weighted by atomic mass is 32.1. The summed E-state index contributed by atoms with van der Waals surface area (Å²) < 4.78 is 5.27. The van der Waals surface area contributed by atoms with Gasteiger partial charge in [-0.3, -0.25) is 4.79 Å². The molecule has 0 aliphatic heterocycles. The third-order valence-electron chi connectivity index (χ3n) is 4.91. The molecule has 4 rings (SSSR count). The van der Waals surface area contributed by atoms with E-state index in [-0.39, 0.29) is 11.9 Å². The maximum atomic E-state index is 12.6. The summed E-state index contributed by atoms with van der Waals surface area (Å²) >= 11 is 1.55. The minimum absolute atomic E-state index is 0.0270. The van der Waals surface area contributed by atoms with Gasteiger partial charge in [0.1, 0.15) is 10.8 Å². The molecule has 0 radical (unpaired) electrons. The van der Waals surface area contributed by atoms with E-state index in [4.69, 9.17) is 4.74 Å². The quantitative estimate of drug-likeness (QED) is 0.708. The fraction of sp³-hybridized carbons (Fsp3) is 0.273. The number of rotatable bonds is 5. The van der Waals surface area contributed by atoms with Crippen LogP contribution in [0.3, 0.4) is 0 Å². The molecule has 1 heterocycles. The fourth-order valence-electron chi connectivity index (χ4n) is 3.59. The number of benzene rings is 2. The van der Waals surface area contributed by atoms with Gasteiger partial charge in [-0.1, -0.05) is 36.4 Å². The largest absolute Gasteiger partial charge is 0.497 e. The Kier molecular flexibility index (Phi) is 5.21. The van der Waals surface area contributed by atoms with Gasteiger partial charge in [0.25, 0.3) is 0 Å². The zero-order valence-electron chi connectivity index (χ0n) is 15.3. The monoisotopic (exact) mass is 378 g/mol. The summed E-state index contributed by atoms with van der Waals surface area (Å²) in [6.45, 7) is 0. The van der Waals surface area contributed by atoms with Crippen LogP contribution in [0.25, 0.3) is 10.6 Å². The highest BCUT2D eigenvalue weighted by Gasteiger charge is 2.21. The number of thiazole rings is 1. The molecule has 5 heteroatoms. The van der Waals surface area contributed by atoms with Crippen molar-refractivity contribution in [1.82, 2.24) is 10.3 Å². The second-order valence-electron chi connectivity index (χ2n) is 6.76. The number of nitrogens with zero attached hydrogens (tertiary/aromatic N) is 1. The van der Waals surface area contributed by atoms with Crippen molar-refractivity contribution in [3.05, 3.63) is 70.7 Å². The van der Waals surface area contributed by atoms with Crippen LogP contribution in [-0.2, 0) is 17.6 Å². The third kappa shape index (κ3) is 4.03. The van der Waals surface area contributed by atoms with E-state index < -0.39 is 0 Å². The van der Waals surface area contributed by atoms with Crippen LogP contribution in [0.5, 0.6) is 5.75 Å². The lowest BCUT2D eigenvalue weighted by molar-refractivity contribution is -0.121. The Balaban J connectivity index is 1.43. The lowest BCUT2D eigenvalue weighted by Crippen LogP contribution is -2.32. The maximum Gasteiger partial charge on any atom is 0.226 e. The van der Waals surface area contributed by atoms with E-state index in [1.165, 1.54) is 11.1 Å². The second kappa shape index (κ2) is 7.92. The van der Waals surface area contributed by atoms with Gasteiger partial charge in [-0.2, -0.15) is 0 Å². The van der Waals surface area contributed by atoms with Crippen molar-refractivity contribution in [3.63, 3.8) is 0 Å². The van der Waals surface area contributed by atoms with Gasteiger partial charge in [-0.05, 0) is 42.5 Å². The molecule has 1 N–H and O–H groups in total. The summed E-state index contributed by atoms with van der Waals surface area (Å²) in [5.41, 5.74) is 4.42. The topological polar surface area (TPSA) is 51.2 Å². The molecule has 138 valence electrons. The zero-order chi connectivity index (χ0) is 18.6. The van der Waals surface area contributed by atoms with E-state index >= 15 is 0 Å². The molecule has 1 atom stereocenters. The average Bonchev–Trinajstić information content (AvgIpc) is 3.17. The third-order valence-corrected chi connectivity index (χ3v) is 5.85. The number of aromatic nitrogens is 1. The van der Waals surface area contributed by atoms with Crippen LogP contribution >= 0.6 is 11.3 Å². The Morgan fingerprint density at radius 3 is 3.04 bits per heavy atom. The summed E-state index contributed by atoms with van der Waals surface area (Å²) in [4.78, 5) is 17.2. The highest BCUT2D eigenvalue weighted by Crippen LogP contribution is 2.30. The number of ether oxygens (including phenoxy) is 1. The molecular weight excluding hydrogens is 356 g/mol. The predicted molar refractivity (Wildman–Crippen MR) is 108 cm³/mol. The Morgan fingerprint density at radius 2 is 2.15 bits per heavy atom. The predicted octanol–water partition coefficient (Wildman–Crippen LogP) is 4.56. The van der Waals surface area contributed by atoms with E-state index in [9.17, 15) is 4.79 Å². The van der Waals surface area contributed by atoms with E-state index in [1.54, 1.807) is 18.4 Å². The van der Waals surface area contributed by atoms with Crippen LogP contribution in [-0.4, -0.2) is 18.0 Å². The number of carbonyl (C=O) groups is 1. The number of methoxy groups -OCH3 is 1. The Bertz CT molecular complexity index is 951. The lowest BCUT2D eigenvalue weighted by Gasteiger charge is -2.26. The normalized spacial score (nSPS) is 15.8. The van der Waals surface area contributed by atoms with Crippen molar-refractivity contribution < 1.29 is 9.53 Å². The van der Waals surface area contributed by atoms with Gasteiger partial charge in [-0.25, -0.2) is 4.98 Å². The van der Waals surface area contributed by atoms with Crippen LogP contribution < -0.4 is 10.1 Å². The van der Waals surface area contributed by atoms with Gasteiger partial charge in [0, 0.05) is 10.9 Å². The van der Waals surface area contributed by atoms with Gasteiger partial charge in [0.2, 0.25) is 5.91 Å². The Morgan fingerprint density at radius 1 is 1.26 bits per heavy atom. The molecule has 1 aliphatic rings. The number of hydrogen-bond acceptors (Lipinski definition) is 4. The minimum atomic E-state index is 0.0270. The summed E-state index contributed by atoms with van der Waals surface area (Å²) in [6, 6.07) is 16.3. The maximum absolute atomic E-state index is 12.6. The zero-order valence-corrected chi connectivity index (χ0v) is 16.1. The SMILES string of the molecule is COc1cccc(-c2nc(CC(=O)NC3CCCc4ccccc43)cs2)c1. The smallest absolute Gasteiger partial charge is 0.226 e. The summed E-state index contributed by atoms with van der Waals surface area (Å²) in [6.07, 6.45) is 3.51. The summed E-state index contributed by atoms with van der Waals surface area (Å²) in [7, 11) is 1.65. The number of amides is 1. The van der Waals surface area contributed by atoms with E-state index in [2.05, 4.69) is 28.5 Å². The first-order chi connectivity index (χ1) is 13.2. The van der Waals surface area contributed by atoms with Gasteiger partial charge in [0.05, 0.1) is 25.3 Å². The molecule has 3 aromatic rings. The molecular formula is C22H22N2O2S. The van der Waals surface area contributed by atoms with Crippen molar-refractivity contribution in [2.75, 3.05) is 7.11 Å². The standard InChI is InChI=1S/C22H22N2O2S/c1-26-18-9-4-8-16(12-18)22-23-17(14-27-22)13-21(25)24-20-11-5-7-15-6-2-3-10-19(15)20/h2-4,6,8-10,12,14,20H,5,7,11,13H2,1H3,(H,24,25). The lowest BCUT2D eigenvalue weighted by atomic mass is 9.87. The molecule has 0 fully saturated rings. The number of hydrogen-bond donors (Lipinski definition) is 1. The molecule has 4 nitrogen and oxygen atoms in total. The van der Waals surface area contributed by atoms with Crippen LogP contribution in [0.15, 0.2) is 53.9 Å². The first kappa shape index (κ1) is 17.7. The molecule has 0 spiro atoms. The molecule has 1 aliphatic carbocycles. The van der Waals surface area contributed by atoms with Crippen molar-refractivity contribution in [2.45, 2.75) is 31.7 Å². The number of nitrogens with one attached hydrogen (secondary N) is 1. The van der Waals surface area contributed by atoms with Gasteiger partial charge >= 0.3 is 0 Å². The van der Waals surface area contributed by atoms with Gasteiger partial charge in [0.15, 0.2) is 0 Å². The van der Waals surface area contributed by atoms with Crippen LogP contribution in [0.2, 0.25) is 0 Å². The van der Waals surface area contributed by atoms with Gasteiger partial charge < -0.3 is 10.1 Å². The molecule has 0 saturated carbocycles. The second-order valence-corrected chi connectivity index (χ2v) is 7.62. The molecule has 1 unspecified atom stereocenters. The highest BCUT2D eigenvalue weighted by molar-refractivity contribution is 7.13. The molecule has 1 amide bonds. The molecule has 1 aromatic heterocycles. The number of aryl methyl sites for hydroxylation is 1. The fourth-order valence-corrected chi connectivity index (χ4v) is 4.41. The van der Waals surface area contributed by atoms with Crippen molar-refractivity contribution in [1.29, 1.82) is 0 Å². The number of fused-ring (bicyclic) bond motifs is 1. The van der Waals surface area contributed by atoms with E-state index in [0.717, 1.165) is 41.3 Å². The molecule has 0 bridgehead atoms. The van der Waals surface area contributed by atoms with Gasteiger partial charge in [-0.15, -0.1) is 11.3 Å². The first-order valence-corrected chi connectivity index (χ1v) is 10.1.